The first-order valence-electron chi connectivity index (χ1n) is 8.23. The van der Waals surface area contributed by atoms with Crippen LogP contribution in [0.5, 0.6) is 0 Å². The van der Waals surface area contributed by atoms with Crippen molar-refractivity contribution in [3.63, 3.8) is 0 Å². The van der Waals surface area contributed by atoms with Crippen LogP contribution in [0.2, 0.25) is 0 Å². The highest BCUT2D eigenvalue weighted by Crippen LogP contribution is 2.32. The molecule has 122 valence electrons. The average Bonchev–Trinajstić information content (AvgIpc) is 2.34. The normalized spacial score (nSPS) is 12.9. The lowest BCUT2D eigenvalue weighted by Gasteiger charge is -2.35. The Kier molecular flexibility index (Phi) is 12.0. The summed E-state index contributed by atoms with van der Waals surface area (Å²) >= 11 is 7.21. The number of hydrogen-bond acceptors (Lipinski definition) is 2. The van der Waals surface area contributed by atoms with E-state index in [0.717, 1.165) is 6.54 Å². The standard InChI is InChI=1S/C16H34Br2N2/c1-4-5-6-7-8-9-10-11-12-13-14-20-16(17,18)15(2,3)19/h20H,4-14,19H2,1-3H3. The molecule has 0 heterocycles. The van der Waals surface area contributed by atoms with Gasteiger partial charge in [-0.1, -0.05) is 96.6 Å². The molecule has 4 heteroatoms. The maximum atomic E-state index is 6.09. The van der Waals surface area contributed by atoms with E-state index in [1.54, 1.807) is 0 Å². The van der Waals surface area contributed by atoms with Crippen LogP contribution in [-0.2, 0) is 0 Å². The molecule has 0 amide bonds. The largest absolute Gasteiger partial charge is 0.323 e. The Morgan fingerprint density at radius 2 is 1.20 bits per heavy atom. The predicted octanol–water partition coefficient (Wildman–Crippen LogP) is 5.68. The SMILES string of the molecule is CCCCCCCCCCCCNC(Br)(Br)C(C)(C)N. The molecule has 0 unspecified atom stereocenters. The van der Waals surface area contributed by atoms with Crippen molar-refractivity contribution in [2.24, 2.45) is 5.73 Å². The smallest absolute Gasteiger partial charge is 0.147 e. The summed E-state index contributed by atoms with van der Waals surface area (Å²) in [7, 11) is 0. The van der Waals surface area contributed by atoms with Gasteiger partial charge in [0.05, 0.1) is 0 Å². The molecule has 0 atom stereocenters. The van der Waals surface area contributed by atoms with E-state index in [4.69, 9.17) is 5.73 Å². The molecular formula is C16H34Br2N2. The van der Waals surface area contributed by atoms with Crippen LogP contribution in [0.3, 0.4) is 0 Å². The quantitative estimate of drug-likeness (QED) is 0.231. The molecule has 0 fully saturated rings. The zero-order valence-corrected chi connectivity index (χ0v) is 16.8. The van der Waals surface area contributed by atoms with Crippen molar-refractivity contribution in [2.75, 3.05) is 6.54 Å². The van der Waals surface area contributed by atoms with E-state index in [9.17, 15) is 0 Å². The van der Waals surface area contributed by atoms with Gasteiger partial charge in [0.2, 0.25) is 0 Å². The van der Waals surface area contributed by atoms with E-state index >= 15 is 0 Å². The zero-order valence-electron chi connectivity index (χ0n) is 13.6. The van der Waals surface area contributed by atoms with Crippen LogP contribution in [0.15, 0.2) is 0 Å². The van der Waals surface area contributed by atoms with Crippen molar-refractivity contribution in [1.29, 1.82) is 0 Å². The van der Waals surface area contributed by atoms with Gasteiger partial charge in [0.25, 0.3) is 0 Å². The van der Waals surface area contributed by atoms with Crippen molar-refractivity contribution in [3.05, 3.63) is 0 Å². The lowest BCUT2D eigenvalue weighted by atomic mass is 10.1. The third kappa shape index (κ3) is 10.6. The molecule has 0 aromatic carbocycles. The highest BCUT2D eigenvalue weighted by molar-refractivity contribution is 9.25. The number of unbranched alkanes of at least 4 members (excludes halogenated alkanes) is 9. The van der Waals surface area contributed by atoms with Crippen LogP contribution >= 0.6 is 31.9 Å². The molecule has 0 spiro atoms. The fourth-order valence-electron chi connectivity index (χ4n) is 2.09. The lowest BCUT2D eigenvalue weighted by Crippen LogP contribution is -2.56. The maximum Gasteiger partial charge on any atom is 0.147 e. The molecule has 20 heavy (non-hydrogen) atoms. The third-order valence-electron chi connectivity index (χ3n) is 3.69. The molecule has 2 nitrogen and oxygen atoms in total. The monoisotopic (exact) mass is 412 g/mol. The van der Waals surface area contributed by atoms with Crippen LogP contribution in [0.25, 0.3) is 0 Å². The zero-order chi connectivity index (χ0) is 15.5. The summed E-state index contributed by atoms with van der Waals surface area (Å²) in [5, 5.41) is 3.43. The van der Waals surface area contributed by atoms with Gasteiger partial charge >= 0.3 is 0 Å². The molecule has 0 rings (SSSR count). The number of rotatable bonds is 13. The summed E-state index contributed by atoms with van der Waals surface area (Å²) in [6.45, 7) is 7.27. The van der Waals surface area contributed by atoms with Gasteiger partial charge in [-0.15, -0.1) is 0 Å². The number of hydrogen-bond donors (Lipinski definition) is 2. The summed E-state index contributed by atoms with van der Waals surface area (Å²) < 4.78 is -0.369. The molecule has 0 aliphatic rings. The molecule has 0 aliphatic heterocycles. The molecule has 0 radical (unpaired) electrons. The van der Waals surface area contributed by atoms with Crippen LogP contribution in [0, 0.1) is 0 Å². The molecule has 0 bridgehead atoms. The van der Waals surface area contributed by atoms with Crippen LogP contribution in [0.1, 0.15) is 85.0 Å². The van der Waals surface area contributed by atoms with Gasteiger partial charge < -0.3 is 5.73 Å². The fraction of sp³-hybridized carbons (Fsp3) is 1.00. The van der Waals surface area contributed by atoms with Crippen molar-refractivity contribution < 1.29 is 0 Å². The summed E-state index contributed by atoms with van der Waals surface area (Å²) in [6, 6.07) is 0. The minimum absolute atomic E-state index is 0.342. The number of nitrogens with one attached hydrogen (secondary N) is 1. The van der Waals surface area contributed by atoms with Crippen LogP contribution in [-0.4, -0.2) is 15.4 Å². The van der Waals surface area contributed by atoms with E-state index in [2.05, 4.69) is 44.1 Å². The van der Waals surface area contributed by atoms with Crippen LogP contribution < -0.4 is 11.1 Å². The predicted molar refractivity (Wildman–Crippen MR) is 98.7 cm³/mol. The van der Waals surface area contributed by atoms with E-state index in [1.807, 2.05) is 13.8 Å². The third-order valence-corrected chi connectivity index (χ3v) is 6.29. The molecule has 0 aliphatic carbocycles. The second-order valence-electron chi connectivity index (χ2n) is 6.40. The van der Waals surface area contributed by atoms with E-state index in [0.29, 0.717) is 0 Å². The Morgan fingerprint density at radius 3 is 1.60 bits per heavy atom. The van der Waals surface area contributed by atoms with Crippen molar-refractivity contribution in [3.8, 4) is 0 Å². The minimum atomic E-state index is -0.369. The number of halogens is 2. The molecule has 0 saturated heterocycles. The fourth-order valence-corrected chi connectivity index (χ4v) is 2.48. The van der Waals surface area contributed by atoms with E-state index < -0.39 is 0 Å². The van der Waals surface area contributed by atoms with Crippen LogP contribution in [0.4, 0.5) is 0 Å². The first kappa shape index (κ1) is 20.9. The molecule has 0 saturated carbocycles. The molecule has 0 aromatic heterocycles. The molecule has 0 aromatic rings. The Hall–Kier alpha value is 0.880. The van der Waals surface area contributed by atoms with Gasteiger partial charge in [0.15, 0.2) is 0 Å². The Balaban J connectivity index is 3.33. The number of alkyl halides is 2. The van der Waals surface area contributed by atoms with Gasteiger partial charge in [-0.3, -0.25) is 5.32 Å². The highest BCUT2D eigenvalue weighted by Gasteiger charge is 2.36. The lowest BCUT2D eigenvalue weighted by molar-refractivity contribution is 0.411. The van der Waals surface area contributed by atoms with Gasteiger partial charge in [-0.05, 0) is 26.8 Å². The Bertz CT molecular complexity index is 225. The van der Waals surface area contributed by atoms with Gasteiger partial charge in [-0.2, -0.15) is 0 Å². The summed E-state index contributed by atoms with van der Waals surface area (Å²) in [6.07, 6.45) is 13.7. The Morgan fingerprint density at radius 1 is 0.800 bits per heavy atom. The van der Waals surface area contributed by atoms with Crippen molar-refractivity contribution in [1.82, 2.24) is 5.32 Å². The maximum absolute atomic E-state index is 6.09. The minimum Gasteiger partial charge on any atom is -0.323 e. The Labute approximate surface area is 143 Å². The van der Waals surface area contributed by atoms with Gasteiger partial charge in [0.1, 0.15) is 3.36 Å². The molecular weight excluding hydrogens is 380 g/mol. The van der Waals surface area contributed by atoms with Crippen molar-refractivity contribution >= 4 is 31.9 Å². The second-order valence-corrected chi connectivity index (χ2v) is 9.85. The second kappa shape index (κ2) is 11.4. The number of nitrogens with two attached hydrogens (primary N) is 1. The highest BCUT2D eigenvalue weighted by atomic mass is 79.9. The van der Waals surface area contributed by atoms with E-state index in [1.165, 1.54) is 64.2 Å². The van der Waals surface area contributed by atoms with Gasteiger partial charge in [0, 0.05) is 5.54 Å². The topological polar surface area (TPSA) is 38.0 Å². The molecule has 3 N–H and O–H groups in total. The average molecular weight is 414 g/mol. The van der Waals surface area contributed by atoms with Crippen molar-refractivity contribution in [2.45, 2.75) is 93.9 Å². The summed E-state index contributed by atoms with van der Waals surface area (Å²) in [5.74, 6) is 0. The summed E-state index contributed by atoms with van der Waals surface area (Å²) in [5.41, 5.74) is 5.75. The first-order valence-corrected chi connectivity index (χ1v) is 9.81. The van der Waals surface area contributed by atoms with E-state index in [-0.39, 0.29) is 8.90 Å². The summed E-state index contributed by atoms with van der Waals surface area (Å²) in [4.78, 5) is 0. The van der Waals surface area contributed by atoms with Gasteiger partial charge in [-0.25, -0.2) is 0 Å². The first-order chi connectivity index (χ1) is 9.31.